The summed E-state index contributed by atoms with van der Waals surface area (Å²) in [5, 5.41) is 1.25. The van der Waals surface area contributed by atoms with Gasteiger partial charge in [-0.2, -0.15) is 0 Å². The first-order valence-electron chi connectivity index (χ1n) is 7.22. The van der Waals surface area contributed by atoms with E-state index in [1.54, 1.807) is 0 Å². The van der Waals surface area contributed by atoms with Gasteiger partial charge >= 0.3 is 0 Å². The van der Waals surface area contributed by atoms with Gasteiger partial charge in [0.05, 0.1) is 16.7 Å². The number of para-hydroxylation sites is 1. The van der Waals surface area contributed by atoms with Crippen molar-refractivity contribution >= 4 is 16.4 Å². The molecule has 21 heavy (non-hydrogen) atoms. The highest BCUT2D eigenvalue weighted by Gasteiger charge is 2.10. The average molecular weight is 272 g/mol. The number of hydrogen-bond acceptors (Lipinski definition) is 1. The van der Waals surface area contributed by atoms with Crippen LogP contribution in [0, 0.1) is 6.92 Å². The molecule has 0 unspecified atom stereocenters. The minimum atomic E-state index is 0.872. The number of benzene rings is 2. The van der Waals surface area contributed by atoms with E-state index in [-0.39, 0.29) is 0 Å². The molecule has 0 atom stereocenters. The second-order valence-corrected chi connectivity index (χ2v) is 5.38. The predicted molar refractivity (Wildman–Crippen MR) is 86.7 cm³/mol. The molecule has 2 nitrogen and oxygen atoms in total. The number of fused-ring (bicyclic) bond motifs is 3. The fraction of sp³-hybridized carbons (Fsp3) is 0.105. The second kappa shape index (κ2) is 4.74. The summed E-state index contributed by atoms with van der Waals surface area (Å²) in [7, 11) is 0. The van der Waals surface area contributed by atoms with Crippen LogP contribution in [0.4, 0.5) is 0 Å². The topological polar surface area (TPSA) is 17.3 Å². The van der Waals surface area contributed by atoms with E-state index >= 15 is 0 Å². The van der Waals surface area contributed by atoms with E-state index < -0.39 is 0 Å². The van der Waals surface area contributed by atoms with Crippen LogP contribution in [-0.4, -0.2) is 9.38 Å². The predicted octanol–water partition coefficient (Wildman–Crippen LogP) is 4.39. The lowest BCUT2D eigenvalue weighted by atomic mass is 10.1. The molecule has 2 heteroatoms. The van der Waals surface area contributed by atoms with E-state index in [9.17, 15) is 0 Å². The molecule has 0 spiro atoms. The molecule has 0 radical (unpaired) electrons. The first-order chi connectivity index (χ1) is 10.3. The van der Waals surface area contributed by atoms with Crippen LogP contribution in [0.5, 0.6) is 0 Å². The van der Waals surface area contributed by atoms with Crippen LogP contribution in [-0.2, 0) is 6.42 Å². The van der Waals surface area contributed by atoms with Gasteiger partial charge in [-0.3, -0.25) is 4.40 Å². The van der Waals surface area contributed by atoms with Crippen molar-refractivity contribution in [1.29, 1.82) is 0 Å². The zero-order valence-electron chi connectivity index (χ0n) is 12.0. The average Bonchev–Trinajstić information content (AvgIpc) is 2.85. The maximum absolute atomic E-state index is 4.80. The van der Waals surface area contributed by atoms with Crippen molar-refractivity contribution in [3.8, 4) is 0 Å². The summed E-state index contributed by atoms with van der Waals surface area (Å²) >= 11 is 0. The number of aryl methyl sites for hydroxylation is 1. The molecule has 4 rings (SSSR count). The fourth-order valence-electron chi connectivity index (χ4n) is 3.00. The smallest absolute Gasteiger partial charge is 0.110 e. The third-order valence-corrected chi connectivity index (χ3v) is 3.97. The van der Waals surface area contributed by atoms with Gasteiger partial charge in [-0.1, -0.05) is 54.6 Å². The third-order valence-electron chi connectivity index (χ3n) is 3.97. The summed E-state index contributed by atoms with van der Waals surface area (Å²) in [5.74, 6) is 1.05. The van der Waals surface area contributed by atoms with Crippen molar-refractivity contribution in [3.63, 3.8) is 0 Å². The lowest BCUT2D eigenvalue weighted by Crippen LogP contribution is -1.91. The molecule has 0 saturated carbocycles. The lowest BCUT2D eigenvalue weighted by Gasteiger charge is -2.04. The Kier molecular flexibility index (Phi) is 2.74. The van der Waals surface area contributed by atoms with Gasteiger partial charge in [0.1, 0.15) is 5.82 Å². The molecule has 2 aromatic carbocycles. The summed E-state index contributed by atoms with van der Waals surface area (Å²) in [4.78, 5) is 4.80. The molecule has 102 valence electrons. The van der Waals surface area contributed by atoms with E-state index in [0.717, 1.165) is 17.9 Å². The number of aromatic nitrogens is 2. The summed E-state index contributed by atoms with van der Waals surface area (Å²) in [6, 6.07) is 23.3. The van der Waals surface area contributed by atoms with Crippen molar-refractivity contribution in [3.05, 3.63) is 83.8 Å². The lowest BCUT2D eigenvalue weighted by molar-refractivity contribution is 1.05. The molecule has 0 aliphatic rings. The van der Waals surface area contributed by atoms with Crippen molar-refractivity contribution in [2.75, 3.05) is 0 Å². The minimum Gasteiger partial charge on any atom is -0.296 e. The Labute approximate surface area is 123 Å². The Morgan fingerprint density at radius 2 is 1.57 bits per heavy atom. The Hall–Kier alpha value is -2.61. The quantitative estimate of drug-likeness (QED) is 0.529. The summed E-state index contributed by atoms with van der Waals surface area (Å²) in [6.07, 6.45) is 0.872. The van der Waals surface area contributed by atoms with Crippen LogP contribution in [0.15, 0.2) is 66.7 Å². The van der Waals surface area contributed by atoms with Gasteiger partial charge in [0.15, 0.2) is 0 Å². The van der Waals surface area contributed by atoms with Gasteiger partial charge in [-0.05, 0) is 30.0 Å². The van der Waals surface area contributed by atoms with Crippen molar-refractivity contribution in [2.24, 2.45) is 0 Å². The maximum Gasteiger partial charge on any atom is 0.110 e. The van der Waals surface area contributed by atoms with Gasteiger partial charge in [-0.25, -0.2) is 4.98 Å². The van der Waals surface area contributed by atoms with Crippen molar-refractivity contribution < 1.29 is 0 Å². The largest absolute Gasteiger partial charge is 0.296 e. The number of pyridine rings is 1. The van der Waals surface area contributed by atoms with Crippen LogP contribution in [0.3, 0.4) is 0 Å². The molecule has 2 aromatic heterocycles. The van der Waals surface area contributed by atoms with Gasteiger partial charge in [0.25, 0.3) is 0 Å². The van der Waals surface area contributed by atoms with E-state index in [1.807, 2.05) is 6.07 Å². The molecule has 0 saturated heterocycles. The second-order valence-electron chi connectivity index (χ2n) is 5.38. The number of imidazole rings is 1. The maximum atomic E-state index is 4.80. The standard InChI is InChI=1S/C19H16N2/c1-14-20-17(13-15-7-3-2-4-8-15)19-12-11-16-9-5-6-10-18(16)21(14)19/h2-12H,13H2,1H3. The SMILES string of the molecule is Cc1nc(Cc2ccccc2)c2ccc3ccccc3n12. The van der Waals surface area contributed by atoms with Crippen molar-refractivity contribution in [2.45, 2.75) is 13.3 Å². The van der Waals surface area contributed by atoms with E-state index in [1.165, 1.54) is 22.0 Å². The molecular formula is C19H16N2. The zero-order chi connectivity index (χ0) is 14.2. The van der Waals surface area contributed by atoms with Gasteiger partial charge in [0.2, 0.25) is 0 Å². The summed E-state index contributed by atoms with van der Waals surface area (Å²) in [6.45, 7) is 2.08. The molecule has 0 aliphatic carbocycles. The number of rotatable bonds is 2. The van der Waals surface area contributed by atoms with Crippen LogP contribution in [0.1, 0.15) is 17.1 Å². The number of nitrogens with zero attached hydrogens (tertiary/aromatic N) is 2. The molecule has 0 N–H and O–H groups in total. The first kappa shape index (κ1) is 12.2. The molecule has 0 amide bonds. The van der Waals surface area contributed by atoms with Crippen LogP contribution < -0.4 is 0 Å². The fourth-order valence-corrected chi connectivity index (χ4v) is 3.00. The number of hydrogen-bond donors (Lipinski definition) is 0. The van der Waals surface area contributed by atoms with Gasteiger partial charge in [-0.15, -0.1) is 0 Å². The van der Waals surface area contributed by atoms with Crippen LogP contribution in [0.25, 0.3) is 16.4 Å². The van der Waals surface area contributed by atoms with Crippen LogP contribution >= 0.6 is 0 Å². The Balaban J connectivity index is 1.93. The van der Waals surface area contributed by atoms with E-state index in [4.69, 9.17) is 4.98 Å². The summed E-state index contributed by atoms with van der Waals surface area (Å²) < 4.78 is 2.26. The normalized spacial score (nSPS) is 11.3. The molecular weight excluding hydrogens is 256 g/mol. The highest BCUT2D eigenvalue weighted by molar-refractivity contribution is 5.83. The Bertz CT molecular complexity index is 920. The van der Waals surface area contributed by atoms with Crippen LogP contribution in [0.2, 0.25) is 0 Å². The highest BCUT2D eigenvalue weighted by atomic mass is 15.0. The monoisotopic (exact) mass is 272 g/mol. The Morgan fingerprint density at radius 1 is 0.810 bits per heavy atom. The minimum absolute atomic E-state index is 0.872. The van der Waals surface area contributed by atoms with Gasteiger partial charge < -0.3 is 0 Å². The van der Waals surface area contributed by atoms with Crippen molar-refractivity contribution in [1.82, 2.24) is 9.38 Å². The molecule has 0 fully saturated rings. The van der Waals surface area contributed by atoms with Gasteiger partial charge in [0, 0.05) is 6.42 Å². The summed E-state index contributed by atoms with van der Waals surface area (Å²) in [5.41, 5.74) is 4.87. The zero-order valence-corrected chi connectivity index (χ0v) is 12.0. The highest BCUT2D eigenvalue weighted by Crippen LogP contribution is 2.23. The molecule has 0 aliphatic heterocycles. The first-order valence-corrected chi connectivity index (χ1v) is 7.22. The molecule has 0 bridgehead atoms. The molecule has 2 heterocycles. The third kappa shape index (κ3) is 2.00. The van der Waals surface area contributed by atoms with E-state index in [0.29, 0.717) is 0 Å². The Morgan fingerprint density at radius 3 is 2.43 bits per heavy atom. The van der Waals surface area contributed by atoms with E-state index in [2.05, 4.69) is 72.0 Å². The molecule has 4 aromatic rings.